The van der Waals surface area contributed by atoms with E-state index in [1.54, 1.807) is 42.7 Å². The van der Waals surface area contributed by atoms with Crippen LogP contribution >= 0.6 is 11.3 Å². The van der Waals surface area contributed by atoms with E-state index in [-0.39, 0.29) is 16.7 Å². The molecule has 1 N–H and O–H groups in total. The number of carbonyl (C=O) groups is 2. The number of carbonyl (C=O) groups excluding carboxylic acids is 2. The first kappa shape index (κ1) is 24.1. The average molecular weight is 528 g/mol. The van der Waals surface area contributed by atoms with E-state index >= 15 is 0 Å². The van der Waals surface area contributed by atoms with Crippen LogP contribution < -0.4 is 14.4 Å². The van der Waals surface area contributed by atoms with Crippen molar-refractivity contribution in [3.63, 3.8) is 0 Å². The molecule has 4 aromatic rings. The Labute approximate surface area is 223 Å². The third-order valence-corrected chi connectivity index (χ3v) is 7.73. The Morgan fingerprint density at radius 3 is 2.58 bits per heavy atom. The molecule has 1 fully saturated rings. The van der Waals surface area contributed by atoms with Gasteiger partial charge in [-0.15, -0.1) is 0 Å². The highest BCUT2D eigenvalue weighted by molar-refractivity contribution is 7.22. The minimum Gasteiger partial charge on any atom is -0.507 e. The minimum absolute atomic E-state index is 0.0330. The Hall–Kier alpha value is -4.24. The van der Waals surface area contributed by atoms with Crippen LogP contribution in [0.25, 0.3) is 16.0 Å². The summed E-state index contributed by atoms with van der Waals surface area (Å²) in [7, 11) is 0. The molecular formula is C29H25N3O5S. The van der Waals surface area contributed by atoms with Crippen molar-refractivity contribution in [2.75, 3.05) is 18.1 Å². The lowest BCUT2D eigenvalue weighted by atomic mass is 9.87. The summed E-state index contributed by atoms with van der Waals surface area (Å²) in [6.45, 7) is 7.22. The number of aliphatic hydroxyl groups is 1. The van der Waals surface area contributed by atoms with Crippen molar-refractivity contribution in [1.29, 1.82) is 0 Å². The number of aromatic nitrogens is 2. The number of aliphatic hydroxyl groups excluding tert-OH is 1. The van der Waals surface area contributed by atoms with Crippen molar-refractivity contribution in [2.45, 2.75) is 32.2 Å². The van der Waals surface area contributed by atoms with Crippen LogP contribution in [0, 0.1) is 0 Å². The smallest absolute Gasteiger partial charge is 0.301 e. The van der Waals surface area contributed by atoms with Crippen molar-refractivity contribution >= 4 is 44.1 Å². The number of pyridine rings is 1. The van der Waals surface area contributed by atoms with Crippen molar-refractivity contribution in [3.8, 4) is 11.5 Å². The Kier molecular flexibility index (Phi) is 5.68. The predicted octanol–water partition coefficient (Wildman–Crippen LogP) is 5.39. The fourth-order valence-corrected chi connectivity index (χ4v) is 5.74. The summed E-state index contributed by atoms with van der Waals surface area (Å²) in [4.78, 5) is 37.3. The molecule has 4 heterocycles. The van der Waals surface area contributed by atoms with E-state index in [4.69, 9.17) is 14.5 Å². The molecule has 1 atom stereocenters. The second-order valence-electron chi connectivity index (χ2n) is 10.2. The molecular weight excluding hydrogens is 502 g/mol. The van der Waals surface area contributed by atoms with Crippen LogP contribution in [0.2, 0.25) is 0 Å². The van der Waals surface area contributed by atoms with E-state index < -0.39 is 17.7 Å². The number of nitrogens with zero attached hydrogens (tertiary/aromatic N) is 3. The van der Waals surface area contributed by atoms with Gasteiger partial charge in [0.2, 0.25) is 0 Å². The Bertz CT molecular complexity index is 1620. The molecule has 38 heavy (non-hydrogen) atoms. The van der Waals surface area contributed by atoms with E-state index in [0.29, 0.717) is 41.0 Å². The number of hydrogen-bond acceptors (Lipinski definition) is 8. The Morgan fingerprint density at radius 2 is 1.84 bits per heavy atom. The molecule has 192 valence electrons. The summed E-state index contributed by atoms with van der Waals surface area (Å²) in [6, 6.07) is 13.6. The summed E-state index contributed by atoms with van der Waals surface area (Å²) >= 11 is 1.34. The van der Waals surface area contributed by atoms with E-state index in [1.807, 2.05) is 12.1 Å². The van der Waals surface area contributed by atoms with Gasteiger partial charge in [0.05, 0.1) is 21.8 Å². The van der Waals surface area contributed by atoms with Gasteiger partial charge in [-0.2, -0.15) is 0 Å². The van der Waals surface area contributed by atoms with Gasteiger partial charge in [0.25, 0.3) is 5.78 Å². The fourth-order valence-electron chi connectivity index (χ4n) is 4.71. The topological polar surface area (TPSA) is 102 Å². The van der Waals surface area contributed by atoms with Gasteiger partial charge in [-0.1, -0.05) is 44.2 Å². The zero-order chi connectivity index (χ0) is 26.6. The van der Waals surface area contributed by atoms with Gasteiger partial charge in [0, 0.05) is 18.0 Å². The summed E-state index contributed by atoms with van der Waals surface area (Å²) in [5.74, 6) is -0.823. The van der Waals surface area contributed by atoms with E-state index in [2.05, 4.69) is 31.8 Å². The number of thiazole rings is 1. The standard InChI is InChI=1S/C29H25N3O5S/c1-29(2,3)18-7-8-19-22(14-18)38-28(31-19)32-24(17-5-4-10-30-15-17)23(26(34)27(32)35)25(33)16-6-9-20-21(13-16)37-12-11-36-20/h4-10,13-15,24,33H,11-12H2,1-3H3/b25-23+. The number of benzene rings is 2. The van der Waals surface area contributed by atoms with Gasteiger partial charge < -0.3 is 14.6 Å². The summed E-state index contributed by atoms with van der Waals surface area (Å²) in [6.07, 6.45) is 3.20. The highest BCUT2D eigenvalue weighted by atomic mass is 32.1. The highest BCUT2D eigenvalue weighted by Crippen LogP contribution is 2.45. The quantitative estimate of drug-likeness (QED) is 0.217. The lowest BCUT2D eigenvalue weighted by Gasteiger charge is -2.23. The van der Waals surface area contributed by atoms with Crippen LogP contribution in [0.4, 0.5) is 5.13 Å². The zero-order valence-electron chi connectivity index (χ0n) is 21.1. The first-order valence-electron chi connectivity index (χ1n) is 12.2. The molecule has 1 saturated heterocycles. The van der Waals surface area contributed by atoms with Gasteiger partial charge in [0.1, 0.15) is 19.0 Å². The second kappa shape index (κ2) is 8.95. The third-order valence-electron chi connectivity index (χ3n) is 6.71. The Balaban J connectivity index is 1.51. The highest BCUT2D eigenvalue weighted by Gasteiger charge is 2.48. The van der Waals surface area contributed by atoms with Crippen LogP contribution in [0.3, 0.4) is 0 Å². The van der Waals surface area contributed by atoms with Gasteiger partial charge in [0.15, 0.2) is 16.6 Å². The maximum atomic E-state index is 13.5. The largest absolute Gasteiger partial charge is 0.507 e. The van der Waals surface area contributed by atoms with Gasteiger partial charge in [-0.3, -0.25) is 19.5 Å². The van der Waals surface area contributed by atoms with Gasteiger partial charge in [-0.05, 0) is 52.9 Å². The van der Waals surface area contributed by atoms with Crippen molar-refractivity contribution in [1.82, 2.24) is 9.97 Å². The van der Waals surface area contributed by atoms with Crippen LogP contribution in [0.1, 0.15) is 43.5 Å². The van der Waals surface area contributed by atoms with E-state index in [9.17, 15) is 14.7 Å². The first-order chi connectivity index (χ1) is 18.2. The van der Waals surface area contributed by atoms with Gasteiger partial charge >= 0.3 is 5.91 Å². The predicted molar refractivity (Wildman–Crippen MR) is 145 cm³/mol. The number of anilines is 1. The van der Waals surface area contributed by atoms with Crippen molar-refractivity contribution in [2.24, 2.45) is 0 Å². The lowest BCUT2D eigenvalue weighted by molar-refractivity contribution is -0.132. The monoisotopic (exact) mass is 527 g/mol. The molecule has 8 nitrogen and oxygen atoms in total. The number of Topliss-reactive ketones (excluding diaryl/α,β-unsaturated/α-hetero) is 1. The summed E-state index contributed by atoms with van der Waals surface area (Å²) in [5.41, 5.74) is 2.72. The summed E-state index contributed by atoms with van der Waals surface area (Å²) in [5, 5.41) is 11.8. The maximum absolute atomic E-state index is 13.5. The van der Waals surface area contributed by atoms with Crippen LogP contribution in [0.15, 0.2) is 66.5 Å². The fraction of sp³-hybridized carbons (Fsp3) is 0.241. The van der Waals surface area contributed by atoms with Crippen LogP contribution in [0.5, 0.6) is 11.5 Å². The molecule has 2 aromatic carbocycles. The molecule has 6 rings (SSSR count). The third kappa shape index (κ3) is 3.99. The maximum Gasteiger partial charge on any atom is 0.301 e. The molecule has 1 unspecified atom stereocenters. The minimum atomic E-state index is -0.903. The molecule has 0 saturated carbocycles. The van der Waals surface area contributed by atoms with Gasteiger partial charge in [-0.25, -0.2) is 4.98 Å². The molecule has 0 bridgehead atoms. The van der Waals surface area contributed by atoms with Crippen molar-refractivity contribution < 1.29 is 24.2 Å². The average Bonchev–Trinajstić information content (AvgIpc) is 3.45. The molecule has 1 amide bonds. The molecule has 0 spiro atoms. The number of hydrogen-bond donors (Lipinski definition) is 1. The number of ether oxygens (including phenoxy) is 2. The van der Waals surface area contributed by atoms with Crippen LogP contribution in [-0.2, 0) is 15.0 Å². The number of amides is 1. The Morgan fingerprint density at radius 1 is 1.05 bits per heavy atom. The number of rotatable bonds is 3. The molecule has 2 aliphatic heterocycles. The van der Waals surface area contributed by atoms with Crippen molar-refractivity contribution in [3.05, 3.63) is 83.2 Å². The van der Waals surface area contributed by atoms with Crippen LogP contribution in [-0.4, -0.2) is 40.0 Å². The molecule has 9 heteroatoms. The SMILES string of the molecule is CC(C)(C)c1ccc2nc(N3C(=O)C(=O)/C(=C(/O)c4ccc5c(c4)OCCO5)C3c3cccnc3)sc2c1. The second-order valence-corrected chi connectivity index (χ2v) is 11.3. The molecule has 2 aliphatic rings. The lowest BCUT2D eigenvalue weighted by Crippen LogP contribution is -2.29. The molecule has 0 radical (unpaired) electrons. The number of ketones is 1. The van der Waals surface area contributed by atoms with E-state index in [0.717, 1.165) is 15.8 Å². The van der Waals surface area contributed by atoms with E-state index in [1.165, 1.54) is 16.2 Å². The zero-order valence-corrected chi connectivity index (χ0v) is 21.9. The first-order valence-corrected chi connectivity index (χ1v) is 13.1. The molecule has 0 aliphatic carbocycles. The summed E-state index contributed by atoms with van der Waals surface area (Å²) < 4.78 is 12.1. The molecule has 2 aromatic heterocycles. The number of fused-ring (bicyclic) bond motifs is 2. The normalized spacial score (nSPS) is 18.8.